The number of nitrogen functional groups attached to an aromatic ring is 1. The highest BCUT2D eigenvalue weighted by atomic mass is 15.2. The molecule has 9 nitrogen and oxygen atoms in total. The number of aromatic nitrogens is 7. The van der Waals surface area contributed by atoms with Crippen molar-refractivity contribution in [3.05, 3.63) is 42.6 Å². The molecule has 5 N–H and O–H groups in total. The van der Waals surface area contributed by atoms with Crippen LogP contribution in [0.15, 0.2) is 36.8 Å². The van der Waals surface area contributed by atoms with E-state index in [4.69, 9.17) is 5.73 Å². The van der Waals surface area contributed by atoms with Gasteiger partial charge in [0.15, 0.2) is 5.82 Å². The summed E-state index contributed by atoms with van der Waals surface area (Å²) >= 11 is 0. The van der Waals surface area contributed by atoms with Crippen molar-refractivity contribution in [1.82, 2.24) is 35.3 Å². The second-order valence-corrected chi connectivity index (χ2v) is 4.90. The topological polar surface area (TPSA) is 134 Å². The summed E-state index contributed by atoms with van der Waals surface area (Å²) in [6.07, 6.45) is 3.23. The number of H-pyrrole nitrogens is 2. The van der Waals surface area contributed by atoms with E-state index in [1.54, 1.807) is 6.20 Å². The van der Waals surface area contributed by atoms with Gasteiger partial charge in [-0.2, -0.15) is 15.2 Å². The highest BCUT2D eigenvalue weighted by molar-refractivity contribution is 5.92. The molecule has 0 saturated heterocycles. The zero-order valence-corrected chi connectivity index (χ0v) is 12.0. The molecule has 0 aliphatic heterocycles. The molecule has 114 valence electrons. The summed E-state index contributed by atoms with van der Waals surface area (Å²) in [4.78, 5) is 12.6. The highest BCUT2D eigenvalue weighted by Gasteiger charge is 2.09. The third kappa shape index (κ3) is 2.55. The average molecular weight is 307 g/mol. The average Bonchev–Trinajstić information content (AvgIpc) is 3.25. The van der Waals surface area contributed by atoms with Gasteiger partial charge in [-0.25, -0.2) is 9.97 Å². The van der Waals surface area contributed by atoms with Crippen LogP contribution in [0.1, 0.15) is 5.82 Å². The lowest BCUT2D eigenvalue weighted by atomic mass is 10.1. The number of nitrogens with one attached hydrogen (secondary N) is 3. The number of aromatic amines is 2. The van der Waals surface area contributed by atoms with E-state index in [9.17, 15) is 0 Å². The minimum atomic E-state index is 0.205. The molecule has 0 radical (unpaired) electrons. The number of anilines is 2. The first-order valence-corrected chi connectivity index (χ1v) is 6.95. The Bertz CT molecular complexity index is 928. The molecule has 0 bridgehead atoms. The van der Waals surface area contributed by atoms with Crippen LogP contribution >= 0.6 is 0 Å². The van der Waals surface area contributed by atoms with Gasteiger partial charge >= 0.3 is 0 Å². The standard InChI is InChI=1S/C14H13N9/c15-14-20-11-5-8(10-3-4-18-22-10)1-2-9(11)13(21-14)16-6-12-17-7-19-23-12/h1-5,7H,6H2,(H,18,22)(H,17,19,23)(H3,15,16,20,21). The fourth-order valence-corrected chi connectivity index (χ4v) is 2.35. The molecular formula is C14H13N9. The van der Waals surface area contributed by atoms with Gasteiger partial charge in [0.1, 0.15) is 12.1 Å². The maximum Gasteiger partial charge on any atom is 0.222 e. The lowest BCUT2D eigenvalue weighted by molar-refractivity contribution is 0.949. The fraction of sp³-hybridized carbons (Fsp3) is 0.0714. The monoisotopic (exact) mass is 307 g/mol. The largest absolute Gasteiger partial charge is 0.368 e. The Labute approximate surface area is 130 Å². The molecule has 9 heteroatoms. The van der Waals surface area contributed by atoms with E-state index in [1.165, 1.54) is 6.33 Å². The van der Waals surface area contributed by atoms with Crippen molar-refractivity contribution in [2.45, 2.75) is 6.54 Å². The SMILES string of the molecule is Nc1nc(NCc2nc[nH]n2)c2ccc(-c3ccn[nH]3)cc2n1. The van der Waals surface area contributed by atoms with E-state index in [2.05, 4.69) is 40.7 Å². The third-order valence-electron chi connectivity index (χ3n) is 3.40. The number of nitrogens with two attached hydrogens (primary N) is 1. The van der Waals surface area contributed by atoms with Crippen LogP contribution in [0.4, 0.5) is 11.8 Å². The molecule has 0 spiro atoms. The summed E-state index contributed by atoms with van der Waals surface area (Å²) in [7, 11) is 0. The van der Waals surface area contributed by atoms with E-state index in [1.807, 2.05) is 24.3 Å². The number of hydrogen-bond donors (Lipinski definition) is 4. The van der Waals surface area contributed by atoms with Crippen LogP contribution in [0, 0.1) is 0 Å². The molecule has 0 unspecified atom stereocenters. The summed E-state index contributed by atoms with van der Waals surface area (Å²) in [6.45, 7) is 0.442. The first kappa shape index (κ1) is 13.2. The Morgan fingerprint density at radius 3 is 2.91 bits per heavy atom. The second-order valence-electron chi connectivity index (χ2n) is 4.90. The molecule has 1 aromatic carbocycles. The number of fused-ring (bicyclic) bond motifs is 1. The maximum absolute atomic E-state index is 5.82. The van der Waals surface area contributed by atoms with Gasteiger partial charge in [-0.3, -0.25) is 10.2 Å². The van der Waals surface area contributed by atoms with Crippen LogP contribution in [0.2, 0.25) is 0 Å². The Morgan fingerprint density at radius 1 is 1.17 bits per heavy atom. The predicted molar refractivity (Wildman–Crippen MR) is 85.2 cm³/mol. The molecule has 0 aliphatic rings. The summed E-state index contributed by atoms with van der Waals surface area (Å²) in [5.74, 6) is 1.50. The Hall–Kier alpha value is -3.49. The van der Waals surface area contributed by atoms with Gasteiger partial charge < -0.3 is 11.1 Å². The molecule has 23 heavy (non-hydrogen) atoms. The van der Waals surface area contributed by atoms with Gasteiger partial charge in [0.05, 0.1) is 17.8 Å². The van der Waals surface area contributed by atoms with E-state index < -0.39 is 0 Å². The van der Waals surface area contributed by atoms with E-state index in [0.717, 1.165) is 22.2 Å². The summed E-state index contributed by atoms with van der Waals surface area (Å²) in [6, 6.07) is 7.77. The Morgan fingerprint density at radius 2 is 2.13 bits per heavy atom. The van der Waals surface area contributed by atoms with E-state index in [-0.39, 0.29) is 5.95 Å². The van der Waals surface area contributed by atoms with Gasteiger partial charge in [0.2, 0.25) is 5.95 Å². The van der Waals surface area contributed by atoms with Crippen molar-refractivity contribution in [2.24, 2.45) is 0 Å². The van der Waals surface area contributed by atoms with Crippen molar-refractivity contribution in [1.29, 1.82) is 0 Å². The number of nitrogens with zero attached hydrogens (tertiary/aromatic N) is 5. The second kappa shape index (κ2) is 5.37. The van der Waals surface area contributed by atoms with E-state index in [0.29, 0.717) is 18.2 Å². The fourth-order valence-electron chi connectivity index (χ4n) is 2.35. The van der Waals surface area contributed by atoms with Gasteiger partial charge in [-0.05, 0) is 18.2 Å². The van der Waals surface area contributed by atoms with E-state index >= 15 is 0 Å². The summed E-state index contributed by atoms with van der Waals surface area (Å²) in [5, 5.41) is 17.6. The van der Waals surface area contributed by atoms with Crippen LogP contribution < -0.4 is 11.1 Å². The lowest BCUT2D eigenvalue weighted by Crippen LogP contribution is -2.06. The maximum atomic E-state index is 5.82. The van der Waals surface area contributed by atoms with Crippen LogP contribution in [-0.2, 0) is 6.54 Å². The third-order valence-corrected chi connectivity index (χ3v) is 3.40. The molecule has 0 fully saturated rings. The van der Waals surface area contributed by atoms with Crippen LogP contribution in [0.5, 0.6) is 0 Å². The van der Waals surface area contributed by atoms with Gasteiger partial charge in [-0.15, -0.1) is 0 Å². The van der Waals surface area contributed by atoms with Crippen molar-refractivity contribution >= 4 is 22.7 Å². The molecule has 4 aromatic rings. The van der Waals surface area contributed by atoms with Gasteiger partial charge in [0, 0.05) is 17.1 Å². The Kier molecular flexibility index (Phi) is 3.08. The number of rotatable bonds is 4. The van der Waals surface area contributed by atoms with Crippen molar-refractivity contribution in [3.8, 4) is 11.3 Å². The van der Waals surface area contributed by atoms with Crippen molar-refractivity contribution in [2.75, 3.05) is 11.1 Å². The van der Waals surface area contributed by atoms with Gasteiger partial charge in [0.25, 0.3) is 0 Å². The molecule has 4 rings (SSSR count). The first-order chi connectivity index (χ1) is 11.3. The number of benzene rings is 1. The zero-order chi connectivity index (χ0) is 15.6. The minimum absolute atomic E-state index is 0.205. The summed E-state index contributed by atoms with van der Waals surface area (Å²) in [5.41, 5.74) is 8.47. The molecule has 0 aliphatic carbocycles. The molecule has 3 heterocycles. The smallest absolute Gasteiger partial charge is 0.222 e. The molecule has 3 aromatic heterocycles. The molecule has 0 amide bonds. The Balaban J connectivity index is 1.73. The number of hydrogen-bond acceptors (Lipinski definition) is 7. The normalized spacial score (nSPS) is 11.0. The van der Waals surface area contributed by atoms with Gasteiger partial charge in [-0.1, -0.05) is 6.07 Å². The van der Waals surface area contributed by atoms with Crippen molar-refractivity contribution < 1.29 is 0 Å². The van der Waals surface area contributed by atoms with Crippen LogP contribution in [0.25, 0.3) is 22.2 Å². The van der Waals surface area contributed by atoms with Crippen LogP contribution in [-0.4, -0.2) is 35.3 Å². The minimum Gasteiger partial charge on any atom is -0.368 e. The quantitative estimate of drug-likeness (QED) is 0.447. The summed E-state index contributed by atoms with van der Waals surface area (Å²) < 4.78 is 0. The zero-order valence-electron chi connectivity index (χ0n) is 12.0. The first-order valence-electron chi connectivity index (χ1n) is 6.95. The molecule has 0 atom stereocenters. The van der Waals surface area contributed by atoms with Crippen molar-refractivity contribution in [3.63, 3.8) is 0 Å². The predicted octanol–water partition coefficient (Wildman–Crippen LogP) is 1.33. The molecule has 0 saturated carbocycles. The lowest BCUT2D eigenvalue weighted by Gasteiger charge is -2.09. The highest BCUT2D eigenvalue weighted by Crippen LogP contribution is 2.26. The molecular weight excluding hydrogens is 294 g/mol. The van der Waals surface area contributed by atoms with Crippen LogP contribution in [0.3, 0.4) is 0 Å².